The second-order valence-corrected chi connectivity index (χ2v) is 5.52. The first-order valence-electron chi connectivity index (χ1n) is 7.33. The van der Waals surface area contributed by atoms with E-state index in [1.165, 1.54) is 25.7 Å². The van der Waals surface area contributed by atoms with Gasteiger partial charge in [0.25, 0.3) is 0 Å². The molecule has 106 valence electrons. The molecule has 0 heterocycles. The van der Waals surface area contributed by atoms with Crippen molar-refractivity contribution in [3.63, 3.8) is 0 Å². The molecule has 1 aromatic carbocycles. The molecule has 19 heavy (non-hydrogen) atoms. The first kappa shape index (κ1) is 14.4. The number of hydrogen-bond donors (Lipinski definition) is 2. The van der Waals surface area contributed by atoms with E-state index in [0.29, 0.717) is 13.2 Å². The normalized spacial score (nSPS) is 16.9. The molecule has 3 heteroatoms. The van der Waals surface area contributed by atoms with Crippen molar-refractivity contribution in [2.75, 3.05) is 19.7 Å². The smallest absolute Gasteiger partial charge is 0.122 e. The van der Waals surface area contributed by atoms with E-state index in [4.69, 9.17) is 4.74 Å². The average Bonchev–Trinajstić information content (AvgIpc) is 2.35. The fraction of sp³-hybridized carbons (Fsp3) is 0.625. The van der Waals surface area contributed by atoms with Crippen molar-refractivity contribution in [3.05, 3.63) is 29.8 Å². The molecule has 1 aromatic rings. The molecule has 1 aliphatic carbocycles. The molecule has 0 amide bonds. The molecule has 2 N–H and O–H groups in total. The lowest BCUT2D eigenvalue weighted by Gasteiger charge is -2.25. The van der Waals surface area contributed by atoms with Crippen molar-refractivity contribution in [1.29, 1.82) is 0 Å². The SMILES string of the molecule is Cc1ccccc1OCC(O)CNCCC1CCC1. The van der Waals surface area contributed by atoms with Crippen LogP contribution in [0.1, 0.15) is 31.2 Å². The molecule has 0 bridgehead atoms. The van der Waals surface area contributed by atoms with Gasteiger partial charge in [-0.2, -0.15) is 0 Å². The summed E-state index contributed by atoms with van der Waals surface area (Å²) in [6.45, 7) is 3.98. The van der Waals surface area contributed by atoms with Crippen LogP contribution in [0.15, 0.2) is 24.3 Å². The summed E-state index contributed by atoms with van der Waals surface area (Å²) in [7, 11) is 0. The number of para-hydroxylation sites is 1. The first-order chi connectivity index (χ1) is 9.25. The van der Waals surface area contributed by atoms with Gasteiger partial charge < -0.3 is 15.2 Å². The molecule has 3 nitrogen and oxygen atoms in total. The minimum atomic E-state index is -0.444. The molecule has 1 fully saturated rings. The summed E-state index contributed by atoms with van der Waals surface area (Å²) in [5, 5.41) is 13.2. The van der Waals surface area contributed by atoms with E-state index >= 15 is 0 Å². The molecule has 2 rings (SSSR count). The van der Waals surface area contributed by atoms with Crippen LogP contribution in [0.4, 0.5) is 0 Å². The highest BCUT2D eigenvalue weighted by atomic mass is 16.5. The maximum absolute atomic E-state index is 9.85. The predicted octanol–water partition coefficient (Wildman–Crippen LogP) is 2.51. The Bertz CT molecular complexity index is 377. The van der Waals surface area contributed by atoms with Crippen molar-refractivity contribution in [2.45, 2.75) is 38.7 Å². The predicted molar refractivity (Wildman–Crippen MR) is 77.5 cm³/mol. The van der Waals surface area contributed by atoms with Crippen LogP contribution in [0.3, 0.4) is 0 Å². The second-order valence-electron chi connectivity index (χ2n) is 5.52. The summed E-state index contributed by atoms with van der Waals surface area (Å²) in [6.07, 6.45) is 4.98. The number of ether oxygens (including phenoxy) is 1. The molecule has 1 saturated carbocycles. The van der Waals surface area contributed by atoms with Gasteiger partial charge in [0.1, 0.15) is 18.5 Å². The van der Waals surface area contributed by atoms with E-state index in [1.807, 2.05) is 31.2 Å². The third kappa shape index (κ3) is 4.84. The summed E-state index contributed by atoms with van der Waals surface area (Å²) in [6, 6.07) is 7.89. The quantitative estimate of drug-likeness (QED) is 0.708. The van der Waals surface area contributed by atoms with Crippen LogP contribution < -0.4 is 10.1 Å². The molecule has 1 atom stereocenters. The first-order valence-corrected chi connectivity index (χ1v) is 7.33. The lowest BCUT2D eigenvalue weighted by Crippen LogP contribution is -2.33. The van der Waals surface area contributed by atoms with Crippen molar-refractivity contribution < 1.29 is 9.84 Å². The van der Waals surface area contributed by atoms with Crippen LogP contribution in [0.25, 0.3) is 0 Å². The fourth-order valence-electron chi connectivity index (χ4n) is 2.32. The Morgan fingerprint density at radius 1 is 1.37 bits per heavy atom. The van der Waals surface area contributed by atoms with Crippen molar-refractivity contribution in [3.8, 4) is 5.75 Å². The minimum absolute atomic E-state index is 0.348. The van der Waals surface area contributed by atoms with Crippen LogP contribution in [-0.2, 0) is 0 Å². The number of nitrogens with one attached hydrogen (secondary N) is 1. The number of benzene rings is 1. The van der Waals surface area contributed by atoms with Crippen LogP contribution in [-0.4, -0.2) is 30.9 Å². The Kier molecular flexibility index (Phi) is 5.67. The van der Waals surface area contributed by atoms with E-state index < -0.39 is 6.10 Å². The number of aliphatic hydroxyl groups is 1. The Hall–Kier alpha value is -1.06. The van der Waals surface area contributed by atoms with Gasteiger partial charge in [0.2, 0.25) is 0 Å². The van der Waals surface area contributed by atoms with Crippen molar-refractivity contribution in [2.24, 2.45) is 5.92 Å². The van der Waals surface area contributed by atoms with Gasteiger partial charge in [0, 0.05) is 6.54 Å². The Balaban J connectivity index is 1.56. The number of aryl methyl sites for hydroxylation is 1. The van der Waals surface area contributed by atoms with Gasteiger partial charge in [-0.1, -0.05) is 37.5 Å². The summed E-state index contributed by atoms with van der Waals surface area (Å²) < 4.78 is 5.62. The molecular weight excluding hydrogens is 238 g/mol. The van der Waals surface area contributed by atoms with Gasteiger partial charge in [-0.25, -0.2) is 0 Å². The molecule has 0 spiro atoms. The largest absolute Gasteiger partial charge is 0.491 e. The summed E-state index contributed by atoms with van der Waals surface area (Å²) >= 11 is 0. The highest BCUT2D eigenvalue weighted by Crippen LogP contribution is 2.28. The van der Waals surface area contributed by atoms with E-state index in [0.717, 1.165) is 23.8 Å². The molecule has 0 aromatic heterocycles. The third-order valence-corrected chi connectivity index (χ3v) is 3.86. The summed E-state index contributed by atoms with van der Waals surface area (Å²) in [4.78, 5) is 0. The molecule has 0 saturated heterocycles. The molecule has 0 radical (unpaired) electrons. The topological polar surface area (TPSA) is 41.5 Å². The minimum Gasteiger partial charge on any atom is -0.491 e. The van der Waals surface area contributed by atoms with Crippen LogP contribution >= 0.6 is 0 Å². The van der Waals surface area contributed by atoms with Gasteiger partial charge in [-0.15, -0.1) is 0 Å². The molecule has 0 aliphatic heterocycles. The lowest BCUT2D eigenvalue weighted by atomic mass is 9.83. The van der Waals surface area contributed by atoms with Gasteiger partial charge in [0.05, 0.1) is 0 Å². The Labute approximate surface area is 116 Å². The maximum Gasteiger partial charge on any atom is 0.122 e. The summed E-state index contributed by atoms with van der Waals surface area (Å²) in [5.41, 5.74) is 1.10. The van der Waals surface area contributed by atoms with E-state index in [-0.39, 0.29) is 0 Å². The third-order valence-electron chi connectivity index (χ3n) is 3.86. The summed E-state index contributed by atoms with van der Waals surface area (Å²) in [5.74, 6) is 1.78. The van der Waals surface area contributed by atoms with Crippen LogP contribution in [0, 0.1) is 12.8 Å². The molecule has 1 aliphatic rings. The number of aliphatic hydroxyl groups excluding tert-OH is 1. The van der Waals surface area contributed by atoms with Crippen molar-refractivity contribution in [1.82, 2.24) is 5.32 Å². The Morgan fingerprint density at radius 2 is 2.16 bits per heavy atom. The molecule has 1 unspecified atom stereocenters. The number of hydrogen-bond acceptors (Lipinski definition) is 3. The van der Waals surface area contributed by atoms with Gasteiger partial charge in [0.15, 0.2) is 0 Å². The van der Waals surface area contributed by atoms with Crippen LogP contribution in [0.2, 0.25) is 0 Å². The average molecular weight is 263 g/mol. The van der Waals surface area contributed by atoms with E-state index in [2.05, 4.69) is 5.32 Å². The van der Waals surface area contributed by atoms with Crippen molar-refractivity contribution >= 4 is 0 Å². The monoisotopic (exact) mass is 263 g/mol. The van der Waals surface area contributed by atoms with Gasteiger partial charge >= 0.3 is 0 Å². The molecular formula is C16H25NO2. The standard InChI is InChI=1S/C16H25NO2/c1-13-5-2-3-8-16(13)19-12-15(18)11-17-10-9-14-6-4-7-14/h2-3,5,8,14-15,17-18H,4,6-7,9-12H2,1H3. The van der Waals surface area contributed by atoms with Gasteiger partial charge in [-0.3, -0.25) is 0 Å². The maximum atomic E-state index is 9.85. The zero-order valence-corrected chi connectivity index (χ0v) is 11.8. The zero-order valence-electron chi connectivity index (χ0n) is 11.8. The lowest BCUT2D eigenvalue weighted by molar-refractivity contribution is 0.105. The zero-order chi connectivity index (χ0) is 13.5. The van der Waals surface area contributed by atoms with Gasteiger partial charge in [-0.05, 0) is 37.4 Å². The van der Waals surface area contributed by atoms with E-state index in [1.54, 1.807) is 0 Å². The Morgan fingerprint density at radius 3 is 2.84 bits per heavy atom. The van der Waals surface area contributed by atoms with Crippen LogP contribution in [0.5, 0.6) is 5.75 Å². The fourth-order valence-corrected chi connectivity index (χ4v) is 2.32. The second kappa shape index (κ2) is 7.51. The highest BCUT2D eigenvalue weighted by Gasteiger charge is 2.16. The highest BCUT2D eigenvalue weighted by molar-refractivity contribution is 5.31. The number of rotatable bonds is 8. The van der Waals surface area contributed by atoms with E-state index in [9.17, 15) is 5.11 Å².